The van der Waals surface area contributed by atoms with Crippen molar-refractivity contribution in [2.75, 3.05) is 19.7 Å². The third-order valence-corrected chi connectivity index (χ3v) is 9.90. The van der Waals surface area contributed by atoms with Gasteiger partial charge < -0.3 is 9.30 Å². The highest BCUT2D eigenvalue weighted by Gasteiger charge is 2.51. The van der Waals surface area contributed by atoms with Crippen molar-refractivity contribution in [1.29, 1.82) is 5.26 Å². The summed E-state index contributed by atoms with van der Waals surface area (Å²) in [5, 5.41) is 15.4. The highest BCUT2D eigenvalue weighted by molar-refractivity contribution is 6.76. The lowest BCUT2D eigenvalue weighted by molar-refractivity contribution is -0.0801. The highest BCUT2D eigenvalue weighted by atomic mass is 28.3. The number of hydrogen-bond donors (Lipinski definition) is 0. The fraction of sp³-hybridized carbons (Fsp3) is 0.630. The van der Waals surface area contributed by atoms with E-state index in [0.29, 0.717) is 13.2 Å². The Morgan fingerprint density at radius 1 is 1.14 bits per heavy atom. The first kappa shape index (κ1) is 25.1. The van der Waals surface area contributed by atoms with E-state index in [2.05, 4.69) is 59.8 Å². The number of nitriles is 1. The van der Waals surface area contributed by atoms with Gasteiger partial charge in [-0.25, -0.2) is 9.97 Å². The topological polar surface area (TPSA) is 84.8 Å². The first-order chi connectivity index (χ1) is 17.2. The van der Waals surface area contributed by atoms with Gasteiger partial charge in [-0.3, -0.25) is 9.58 Å². The predicted molar refractivity (Wildman–Crippen MR) is 144 cm³/mol. The molecule has 0 bridgehead atoms. The average molecular weight is 506 g/mol. The maximum absolute atomic E-state index is 9.65. The van der Waals surface area contributed by atoms with Crippen molar-refractivity contribution in [3.8, 4) is 17.3 Å². The zero-order chi connectivity index (χ0) is 25.4. The Labute approximate surface area is 215 Å². The van der Waals surface area contributed by atoms with Crippen molar-refractivity contribution in [2.24, 2.45) is 0 Å². The van der Waals surface area contributed by atoms with Gasteiger partial charge in [-0.1, -0.05) is 38.9 Å². The summed E-state index contributed by atoms with van der Waals surface area (Å²) >= 11 is 0. The fourth-order valence-corrected chi connectivity index (χ4v) is 6.50. The number of fused-ring (bicyclic) bond motifs is 1. The molecule has 5 rings (SSSR count). The van der Waals surface area contributed by atoms with Gasteiger partial charge in [0, 0.05) is 56.7 Å². The standard InChI is InChI=1S/C27H39N7OSi/c1-26(9-6-5-7-10-26)33-18-27(19-33,11-12-28)34-17-22(16-31-34)24-23-8-13-32(25(23)30-20-29-24)21-35-14-15-36(2,3)4/h8,13,16-17,20H,5-7,9-11,14-15,18-19,21H2,1-4H3. The summed E-state index contributed by atoms with van der Waals surface area (Å²) in [6.45, 7) is 12.5. The molecule has 1 saturated carbocycles. The van der Waals surface area contributed by atoms with E-state index in [1.54, 1.807) is 6.33 Å². The van der Waals surface area contributed by atoms with Gasteiger partial charge in [0.05, 0.1) is 24.4 Å². The predicted octanol–water partition coefficient (Wildman–Crippen LogP) is 5.25. The fourth-order valence-electron chi connectivity index (χ4n) is 5.74. The maximum Gasteiger partial charge on any atom is 0.145 e. The minimum Gasteiger partial charge on any atom is -0.361 e. The van der Waals surface area contributed by atoms with Crippen LogP contribution < -0.4 is 0 Å². The lowest BCUT2D eigenvalue weighted by Crippen LogP contribution is -2.69. The molecule has 0 unspecified atom stereocenters. The second-order valence-electron chi connectivity index (χ2n) is 12.2. The van der Waals surface area contributed by atoms with Crippen LogP contribution in [0.2, 0.25) is 25.7 Å². The number of hydrogen-bond acceptors (Lipinski definition) is 6. The molecule has 192 valence electrons. The van der Waals surface area contributed by atoms with Crippen LogP contribution in [0.5, 0.6) is 0 Å². The molecule has 0 radical (unpaired) electrons. The zero-order valence-corrected chi connectivity index (χ0v) is 23.2. The summed E-state index contributed by atoms with van der Waals surface area (Å²) in [4.78, 5) is 11.7. The summed E-state index contributed by atoms with van der Waals surface area (Å²) in [6, 6.07) is 5.64. The van der Waals surface area contributed by atoms with Gasteiger partial charge in [-0.15, -0.1) is 0 Å². The lowest BCUT2D eigenvalue weighted by atomic mass is 9.75. The molecule has 1 aliphatic carbocycles. The number of rotatable bonds is 9. The molecule has 0 atom stereocenters. The zero-order valence-electron chi connectivity index (χ0n) is 22.2. The van der Waals surface area contributed by atoms with E-state index in [1.165, 1.54) is 32.1 Å². The normalized spacial score (nSPS) is 19.8. The van der Waals surface area contributed by atoms with E-state index in [-0.39, 0.29) is 11.1 Å². The lowest BCUT2D eigenvalue weighted by Gasteiger charge is -2.57. The third-order valence-electron chi connectivity index (χ3n) is 8.20. The second-order valence-corrected chi connectivity index (χ2v) is 17.9. The molecular formula is C27H39N7OSi. The Kier molecular flexibility index (Phi) is 6.79. The summed E-state index contributed by atoms with van der Waals surface area (Å²) in [5.74, 6) is 0. The van der Waals surface area contributed by atoms with Gasteiger partial charge in [-0.2, -0.15) is 10.4 Å². The van der Waals surface area contributed by atoms with Gasteiger partial charge in [0.15, 0.2) is 0 Å². The van der Waals surface area contributed by atoms with Gasteiger partial charge in [0.25, 0.3) is 0 Å². The largest absolute Gasteiger partial charge is 0.361 e. The highest BCUT2D eigenvalue weighted by Crippen LogP contribution is 2.43. The van der Waals surface area contributed by atoms with Crippen LogP contribution in [0.3, 0.4) is 0 Å². The molecule has 36 heavy (non-hydrogen) atoms. The van der Waals surface area contributed by atoms with Crippen LogP contribution >= 0.6 is 0 Å². The van der Waals surface area contributed by atoms with Crippen molar-refractivity contribution < 1.29 is 4.74 Å². The van der Waals surface area contributed by atoms with Crippen LogP contribution in [-0.2, 0) is 17.0 Å². The number of aromatic nitrogens is 5. The Morgan fingerprint density at radius 3 is 2.64 bits per heavy atom. The minimum absolute atomic E-state index is 0.256. The van der Waals surface area contributed by atoms with Crippen molar-refractivity contribution in [3.05, 3.63) is 31.0 Å². The molecule has 1 saturated heterocycles. The molecule has 0 aromatic carbocycles. The molecule has 4 heterocycles. The Hall–Kier alpha value is -2.54. The molecule has 3 aromatic heterocycles. The van der Waals surface area contributed by atoms with Gasteiger partial charge in [-0.05, 0) is 31.9 Å². The number of likely N-dealkylation sites (tertiary alicyclic amines) is 1. The van der Waals surface area contributed by atoms with Crippen LogP contribution in [0.15, 0.2) is 31.0 Å². The molecule has 8 nitrogen and oxygen atoms in total. The van der Waals surface area contributed by atoms with Crippen LogP contribution in [0, 0.1) is 11.3 Å². The van der Waals surface area contributed by atoms with E-state index >= 15 is 0 Å². The van der Waals surface area contributed by atoms with Crippen molar-refractivity contribution >= 4 is 19.1 Å². The Morgan fingerprint density at radius 2 is 1.92 bits per heavy atom. The smallest absolute Gasteiger partial charge is 0.145 e. The number of ether oxygens (including phenoxy) is 1. The maximum atomic E-state index is 9.65. The van der Waals surface area contributed by atoms with Crippen LogP contribution in [0.25, 0.3) is 22.3 Å². The molecular weight excluding hydrogens is 466 g/mol. The van der Waals surface area contributed by atoms with Gasteiger partial charge in [0.2, 0.25) is 0 Å². The molecule has 9 heteroatoms. The summed E-state index contributed by atoms with van der Waals surface area (Å²) in [5.41, 5.74) is 2.68. The average Bonchev–Trinajstić information content (AvgIpc) is 3.46. The summed E-state index contributed by atoms with van der Waals surface area (Å²) in [6.07, 6.45) is 14.5. The SMILES string of the molecule is CC1(N2CC(CC#N)(n3cc(-c4ncnc5c4ccn5COCC[Si](C)(C)C)cn3)C2)CCCCC1. The molecule has 0 spiro atoms. The first-order valence-electron chi connectivity index (χ1n) is 13.3. The quantitative estimate of drug-likeness (QED) is 0.291. The first-order valence-corrected chi connectivity index (χ1v) is 17.0. The monoisotopic (exact) mass is 505 g/mol. The van der Waals surface area contributed by atoms with Crippen LogP contribution in [0.1, 0.15) is 45.4 Å². The third kappa shape index (κ3) is 4.86. The van der Waals surface area contributed by atoms with E-state index < -0.39 is 8.07 Å². The van der Waals surface area contributed by atoms with Gasteiger partial charge >= 0.3 is 0 Å². The van der Waals surface area contributed by atoms with E-state index in [1.807, 2.05) is 21.6 Å². The van der Waals surface area contributed by atoms with Crippen LogP contribution in [0.4, 0.5) is 0 Å². The van der Waals surface area contributed by atoms with Gasteiger partial charge in [0.1, 0.15) is 24.2 Å². The van der Waals surface area contributed by atoms with Crippen molar-refractivity contribution in [2.45, 2.75) is 88.9 Å². The van der Waals surface area contributed by atoms with Crippen molar-refractivity contribution in [1.82, 2.24) is 29.2 Å². The van der Waals surface area contributed by atoms with E-state index in [9.17, 15) is 5.26 Å². The molecule has 2 aliphatic rings. The molecule has 1 aliphatic heterocycles. The summed E-state index contributed by atoms with van der Waals surface area (Å²) < 4.78 is 10.0. The van der Waals surface area contributed by atoms with E-state index in [4.69, 9.17) is 9.84 Å². The molecule has 3 aromatic rings. The van der Waals surface area contributed by atoms with Crippen molar-refractivity contribution in [3.63, 3.8) is 0 Å². The molecule has 2 fully saturated rings. The molecule has 0 amide bonds. The Bertz CT molecular complexity index is 1240. The van der Waals surface area contributed by atoms with E-state index in [0.717, 1.165) is 48.0 Å². The summed E-state index contributed by atoms with van der Waals surface area (Å²) in [7, 11) is -1.11. The molecule has 0 N–H and O–H groups in total. The minimum atomic E-state index is -1.11. The Balaban J connectivity index is 1.34. The van der Waals surface area contributed by atoms with Crippen LogP contribution in [-0.4, -0.2) is 62.5 Å². The second kappa shape index (κ2) is 9.73. The number of nitrogens with zero attached hydrogens (tertiary/aromatic N) is 7.